The summed E-state index contributed by atoms with van der Waals surface area (Å²) < 4.78 is 1.76. The van der Waals surface area contributed by atoms with Crippen LogP contribution >= 0.6 is 0 Å². The lowest BCUT2D eigenvalue weighted by Crippen LogP contribution is -2.35. The molecule has 2 amide bonds. The van der Waals surface area contributed by atoms with E-state index in [9.17, 15) is 9.59 Å². The monoisotopic (exact) mass is 388 g/mol. The van der Waals surface area contributed by atoms with E-state index in [1.165, 1.54) is 6.42 Å². The van der Waals surface area contributed by atoms with Crippen LogP contribution in [0.3, 0.4) is 0 Å². The minimum atomic E-state index is -0.195. The number of carbonyl (C=O) groups is 2. The van der Waals surface area contributed by atoms with Crippen molar-refractivity contribution in [2.45, 2.75) is 25.8 Å². The van der Waals surface area contributed by atoms with E-state index in [-0.39, 0.29) is 11.8 Å². The van der Waals surface area contributed by atoms with Gasteiger partial charge in [-0.1, -0.05) is 30.3 Å². The third-order valence-electron chi connectivity index (χ3n) is 5.20. The first-order valence-electron chi connectivity index (χ1n) is 9.96. The van der Waals surface area contributed by atoms with E-state index in [2.05, 4.69) is 10.3 Å². The fourth-order valence-corrected chi connectivity index (χ4v) is 3.58. The van der Waals surface area contributed by atoms with E-state index in [1.54, 1.807) is 17.1 Å². The molecule has 1 aliphatic heterocycles. The zero-order chi connectivity index (χ0) is 20.1. The van der Waals surface area contributed by atoms with Crippen LogP contribution in [0.4, 0.5) is 0 Å². The Morgan fingerprint density at radius 3 is 2.38 bits per heavy atom. The maximum Gasteiger partial charge on any atom is 0.270 e. The molecule has 0 saturated carbocycles. The van der Waals surface area contributed by atoms with Gasteiger partial charge in [0.2, 0.25) is 0 Å². The molecule has 1 aromatic heterocycles. The van der Waals surface area contributed by atoms with Gasteiger partial charge in [-0.05, 0) is 49.1 Å². The van der Waals surface area contributed by atoms with Crippen LogP contribution in [0.1, 0.15) is 45.7 Å². The number of hydrogen-bond donors (Lipinski definition) is 1. The number of nitrogens with one attached hydrogen (secondary N) is 1. The van der Waals surface area contributed by atoms with Crippen molar-refractivity contribution in [1.82, 2.24) is 19.8 Å². The fourth-order valence-electron chi connectivity index (χ4n) is 3.58. The van der Waals surface area contributed by atoms with E-state index < -0.39 is 0 Å². The Morgan fingerprint density at radius 1 is 0.931 bits per heavy atom. The number of hydrogen-bond acceptors (Lipinski definition) is 3. The van der Waals surface area contributed by atoms with E-state index >= 15 is 0 Å². The molecule has 29 heavy (non-hydrogen) atoms. The van der Waals surface area contributed by atoms with Crippen molar-refractivity contribution in [3.63, 3.8) is 0 Å². The van der Waals surface area contributed by atoms with Crippen LogP contribution in [-0.4, -0.2) is 39.4 Å². The topological polar surface area (TPSA) is 67.2 Å². The smallest absolute Gasteiger partial charge is 0.270 e. The molecule has 0 spiro atoms. The van der Waals surface area contributed by atoms with Crippen LogP contribution in [-0.2, 0) is 6.54 Å². The highest BCUT2D eigenvalue weighted by Gasteiger charge is 2.18. The van der Waals surface area contributed by atoms with Crippen LogP contribution in [0.25, 0.3) is 5.69 Å². The van der Waals surface area contributed by atoms with Gasteiger partial charge in [-0.2, -0.15) is 0 Å². The zero-order valence-corrected chi connectivity index (χ0v) is 16.3. The van der Waals surface area contributed by atoms with Gasteiger partial charge in [0.15, 0.2) is 0 Å². The second-order valence-electron chi connectivity index (χ2n) is 7.22. The highest BCUT2D eigenvalue weighted by Crippen LogP contribution is 2.14. The van der Waals surface area contributed by atoms with E-state index in [4.69, 9.17) is 0 Å². The van der Waals surface area contributed by atoms with Crippen LogP contribution < -0.4 is 5.32 Å². The van der Waals surface area contributed by atoms with Gasteiger partial charge in [0.05, 0.1) is 12.5 Å². The van der Waals surface area contributed by atoms with Crippen molar-refractivity contribution in [2.75, 3.05) is 13.1 Å². The maximum atomic E-state index is 12.6. The van der Waals surface area contributed by atoms with Crippen molar-refractivity contribution in [3.05, 3.63) is 83.9 Å². The molecule has 0 atom stereocenters. The SMILES string of the molecule is O=C(NCc1ccc(C(=O)N2CCCCC2)cc1)c1cncn1-c1ccccc1. The third-order valence-corrected chi connectivity index (χ3v) is 5.20. The Hall–Kier alpha value is -3.41. The quantitative estimate of drug-likeness (QED) is 0.728. The number of amides is 2. The number of likely N-dealkylation sites (tertiary alicyclic amines) is 1. The van der Waals surface area contributed by atoms with Crippen LogP contribution in [0.15, 0.2) is 67.1 Å². The highest BCUT2D eigenvalue weighted by atomic mass is 16.2. The molecule has 0 unspecified atom stereocenters. The molecule has 3 aromatic rings. The molecule has 6 nitrogen and oxygen atoms in total. The number of imidazole rings is 1. The minimum Gasteiger partial charge on any atom is -0.347 e. The first kappa shape index (κ1) is 18.9. The molecular formula is C23H24N4O2. The summed E-state index contributed by atoms with van der Waals surface area (Å²) >= 11 is 0. The summed E-state index contributed by atoms with van der Waals surface area (Å²) in [7, 11) is 0. The van der Waals surface area contributed by atoms with Crippen molar-refractivity contribution < 1.29 is 9.59 Å². The third kappa shape index (κ3) is 4.37. The summed E-state index contributed by atoms with van der Waals surface area (Å²) in [6.07, 6.45) is 6.55. The number of nitrogens with zero attached hydrogens (tertiary/aromatic N) is 3. The molecule has 1 N–H and O–H groups in total. The van der Waals surface area contributed by atoms with Gasteiger partial charge in [-0.25, -0.2) is 4.98 Å². The molecule has 6 heteroatoms. The van der Waals surface area contributed by atoms with E-state index in [0.29, 0.717) is 17.8 Å². The molecule has 0 bridgehead atoms. The summed E-state index contributed by atoms with van der Waals surface area (Å²) in [4.78, 5) is 31.2. The Balaban J connectivity index is 1.38. The molecular weight excluding hydrogens is 364 g/mol. The zero-order valence-electron chi connectivity index (χ0n) is 16.3. The number of benzene rings is 2. The first-order valence-corrected chi connectivity index (χ1v) is 9.96. The van der Waals surface area contributed by atoms with Crippen LogP contribution in [0, 0.1) is 0 Å². The molecule has 1 saturated heterocycles. The van der Waals surface area contributed by atoms with Crippen molar-refractivity contribution in [2.24, 2.45) is 0 Å². The van der Waals surface area contributed by atoms with Crippen LogP contribution in [0.2, 0.25) is 0 Å². The van der Waals surface area contributed by atoms with Gasteiger partial charge in [0, 0.05) is 30.9 Å². The first-order chi connectivity index (χ1) is 14.2. The van der Waals surface area contributed by atoms with Gasteiger partial charge in [0.25, 0.3) is 11.8 Å². The average Bonchev–Trinajstić information content (AvgIpc) is 3.29. The molecule has 1 fully saturated rings. The molecule has 1 aliphatic rings. The van der Waals surface area contributed by atoms with Gasteiger partial charge in [-0.15, -0.1) is 0 Å². The summed E-state index contributed by atoms with van der Waals surface area (Å²) in [5.41, 5.74) is 3.01. The summed E-state index contributed by atoms with van der Waals surface area (Å²) in [6, 6.07) is 17.1. The molecule has 2 aromatic carbocycles. The second kappa shape index (κ2) is 8.73. The highest BCUT2D eigenvalue weighted by molar-refractivity contribution is 5.94. The largest absolute Gasteiger partial charge is 0.347 e. The molecule has 2 heterocycles. The number of rotatable bonds is 5. The fraction of sp³-hybridized carbons (Fsp3) is 0.261. The van der Waals surface area contributed by atoms with Gasteiger partial charge in [0.1, 0.15) is 5.69 Å². The van der Waals surface area contributed by atoms with Crippen molar-refractivity contribution in [3.8, 4) is 5.69 Å². The van der Waals surface area contributed by atoms with Gasteiger partial charge in [-0.3, -0.25) is 14.2 Å². The Kier molecular flexibility index (Phi) is 5.70. The van der Waals surface area contributed by atoms with Crippen molar-refractivity contribution >= 4 is 11.8 Å². The summed E-state index contributed by atoms with van der Waals surface area (Å²) in [6.45, 7) is 2.06. The molecule has 4 rings (SSSR count). The Bertz CT molecular complexity index is 974. The lowest BCUT2D eigenvalue weighted by Gasteiger charge is -2.26. The molecule has 0 radical (unpaired) electrons. The summed E-state index contributed by atoms with van der Waals surface area (Å²) in [5.74, 6) is -0.105. The number of para-hydroxylation sites is 1. The Morgan fingerprint density at radius 2 is 1.66 bits per heavy atom. The predicted molar refractivity (Wildman–Crippen MR) is 111 cm³/mol. The van der Waals surface area contributed by atoms with Gasteiger partial charge >= 0.3 is 0 Å². The predicted octanol–water partition coefficient (Wildman–Crippen LogP) is 3.43. The van der Waals surface area contributed by atoms with Gasteiger partial charge < -0.3 is 10.2 Å². The molecule has 0 aliphatic carbocycles. The Labute approximate surface area is 170 Å². The van der Waals surface area contributed by atoms with Crippen molar-refractivity contribution in [1.29, 1.82) is 0 Å². The summed E-state index contributed by atoms with van der Waals surface area (Å²) in [5, 5.41) is 2.93. The number of piperidine rings is 1. The lowest BCUT2D eigenvalue weighted by molar-refractivity contribution is 0.0724. The standard InChI is InChI=1S/C23H24N4O2/c28-22(21-16-24-17-27(21)20-7-3-1-4-8-20)25-15-18-9-11-19(12-10-18)23(29)26-13-5-2-6-14-26/h1,3-4,7-12,16-17H,2,5-6,13-15H2,(H,25,28). The number of carbonyl (C=O) groups excluding carboxylic acids is 2. The average molecular weight is 388 g/mol. The second-order valence-corrected chi connectivity index (χ2v) is 7.22. The maximum absolute atomic E-state index is 12.6. The lowest BCUT2D eigenvalue weighted by atomic mass is 10.1. The molecule has 148 valence electrons. The van der Waals surface area contributed by atoms with Crippen LogP contribution in [0.5, 0.6) is 0 Å². The normalized spacial score (nSPS) is 13.9. The van der Waals surface area contributed by atoms with E-state index in [0.717, 1.165) is 37.2 Å². The number of aromatic nitrogens is 2. The minimum absolute atomic E-state index is 0.0899. The van der Waals surface area contributed by atoms with E-state index in [1.807, 2.05) is 59.5 Å².